The minimum Gasteiger partial charge on any atom is -0.480 e. The molecular formula is C44H56ClNO4. The maximum atomic E-state index is 13.2. The van der Waals surface area contributed by atoms with Crippen molar-refractivity contribution >= 4 is 29.1 Å². The second-order valence-electron chi connectivity index (χ2n) is 13.5. The van der Waals surface area contributed by atoms with E-state index in [1.165, 1.54) is 0 Å². The predicted octanol–water partition coefficient (Wildman–Crippen LogP) is 11.3. The summed E-state index contributed by atoms with van der Waals surface area (Å²) < 4.78 is 6.10. The molecule has 50 heavy (non-hydrogen) atoms. The van der Waals surface area contributed by atoms with E-state index < -0.39 is 5.60 Å². The summed E-state index contributed by atoms with van der Waals surface area (Å²) in [7, 11) is 0. The monoisotopic (exact) mass is 697 g/mol. The Bertz CT molecular complexity index is 1470. The van der Waals surface area contributed by atoms with E-state index in [1.807, 2.05) is 0 Å². The highest BCUT2D eigenvalue weighted by Gasteiger charge is 2.33. The summed E-state index contributed by atoms with van der Waals surface area (Å²) in [6.45, 7) is 5.75. The number of Topliss-reactive ketones (excluding diaryl/α,β-unsaturated/α-hetero) is 1. The Hall–Kier alpha value is -3.96. The van der Waals surface area contributed by atoms with E-state index in [4.69, 9.17) is 16.3 Å². The van der Waals surface area contributed by atoms with Crippen molar-refractivity contribution in [3.63, 3.8) is 0 Å². The summed E-state index contributed by atoms with van der Waals surface area (Å²) in [5.74, 6) is 0.905. The van der Waals surface area contributed by atoms with Crippen LogP contribution in [0.4, 0.5) is 0 Å². The van der Waals surface area contributed by atoms with Gasteiger partial charge >= 0.3 is 0 Å². The Morgan fingerprint density at radius 1 is 0.740 bits per heavy atom. The van der Waals surface area contributed by atoms with Gasteiger partial charge in [0.25, 0.3) is 0 Å². The number of carbonyl (C=O) groups is 3. The maximum Gasteiger partial charge on any atom is 0.220 e. The van der Waals surface area contributed by atoms with Gasteiger partial charge in [0, 0.05) is 35.0 Å². The molecule has 268 valence electrons. The molecule has 0 radical (unpaired) electrons. The average molecular weight is 698 g/mol. The van der Waals surface area contributed by atoms with E-state index in [1.54, 1.807) is 62.4 Å². The molecule has 1 N–H and O–H groups in total. The number of hydrogen-bond donors (Lipinski definition) is 1. The van der Waals surface area contributed by atoms with Crippen LogP contribution in [-0.4, -0.2) is 29.1 Å². The second kappa shape index (κ2) is 22.7. The topological polar surface area (TPSA) is 72.5 Å². The van der Waals surface area contributed by atoms with Gasteiger partial charge in [0.15, 0.2) is 17.2 Å². The smallest absolute Gasteiger partial charge is 0.220 e. The summed E-state index contributed by atoms with van der Waals surface area (Å²) in [6, 6.07) is 13.9. The van der Waals surface area contributed by atoms with Crippen LogP contribution in [0, 0.1) is 5.92 Å². The Morgan fingerprint density at radius 2 is 1.24 bits per heavy atom. The third-order valence-electron chi connectivity index (χ3n) is 8.89. The van der Waals surface area contributed by atoms with E-state index in [2.05, 4.69) is 73.0 Å². The van der Waals surface area contributed by atoms with Crippen molar-refractivity contribution in [1.82, 2.24) is 5.32 Å². The van der Waals surface area contributed by atoms with Crippen molar-refractivity contribution in [3.05, 3.63) is 125 Å². The lowest BCUT2D eigenvalue weighted by Gasteiger charge is -2.31. The van der Waals surface area contributed by atoms with Gasteiger partial charge < -0.3 is 10.1 Å². The Kier molecular flexibility index (Phi) is 18.4. The van der Waals surface area contributed by atoms with Crippen LogP contribution in [0.2, 0.25) is 5.02 Å². The quantitative estimate of drug-likeness (QED) is 0.0800. The van der Waals surface area contributed by atoms with Crippen LogP contribution < -0.4 is 10.1 Å². The summed E-state index contributed by atoms with van der Waals surface area (Å²) in [5.41, 5.74) is 0.112. The van der Waals surface area contributed by atoms with Crippen molar-refractivity contribution in [2.45, 2.75) is 116 Å². The van der Waals surface area contributed by atoms with Crippen LogP contribution >= 0.6 is 11.6 Å². The lowest BCUT2D eigenvalue weighted by Crippen LogP contribution is -2.41. The third kappa shape index (κ3) is 15.7. The highest BCUT2D eigenvalue weighted by molar-refractivity contribution is 6.30. The van der Waals surface area contributed by atoms with E-state index in [0.717, 1.165) is 70.6 Å². The summed E-state index contributed by atoms with van der Waals surface area (Å²) in [6.07, 6.45) is 33.2. The summed E-state index contributed by atoms with van der Waals surface area (Å²) in [5, 5.41) is 3.79. The molecule has 2 aromatic rings. The van der Waals surface area contributed by atoms with Crippen molar-refractivity contribution in [2.75, 3.05) is 0 Å². The molecule has 1 fully saturated rings. The van der Waals surface area contributed by atoms with Gasteiger partial charge in [-0.1, -0.05) is 79.3 Å². The summed E-state index contributed by atoms with van der Waals surface area (Å²) >= 11 is 5.94. The SMILES string of the molecule is CC/C=C\C/C=C\C/C=C\C/C=C\C/C=C\CCCC(=O)NC1CCC(CC(=O)C(C)(C)Oc2ccc(C(=O)c3ccc(Cl)cc3)cc2)CC1. The fourth-order valence-corrected chi connectivity index (χ4v) is 5.99. The molecule has 3 rings (SSSR count). The predicted molar refractivity (Wildman–Crippen MR) is 208 cm³/mol. The Balaban J connectivity index is 1.25. The van der Waals surface area contributed by atoms with Crippen molar-refractivity contribution in [3.8, 4) is 5.75 Å². The van der Waals surface area contributed by atoms with Gasteiger partial charge in [0.05, 0.1) is 0 Å². The Labute approximate surface area is 305 Å². The lowest BCUT2D eigenvalue weighted by atomic mass is 9.81. The zero-order chi connectivity index (χ0) is 36.0. The number of amides is 1. The molecule has 6 heteroatoms. The molecule has 1 aliphatic rings. The van der Waals surface area contributed by atoms with Gasteiger partial charge in [-0.3, -0.25) is 14.4 Å². The molecule has 1 saturated carbocycles. The van der Waals surface area contributed by atoms with Crippen LogP contribution in [0.5, 0.6) is 5.75 Å². The first kappa shape index (κ1) is 40.5. The number of allylic oxidation sites excluding steroid dienone is 10. The van der Waals surface area contributed by atoms with Crippen LogP contribution in [-0.2, 0) is 9.59 Å². The lowest BCUT2D eigenvalue weighted by molar-refractivity contribution is -0.133. The number of nitrogens with one attached hydrogen (secondary N) is 1. The van der Waals surface area contributed by atoms with Crippen molar-refractivity contribution < 1.29 is 19.1 Å². The maximum absolute atomic E-state index is 13.2. The fourth-order valence-electron chi connectivity index (χ4n) is 5.86. The van der Waals surface area contributed by atoms with E-state index in [-0.39, 0.29) is 29.4 Å². The molecule has 5 nitrogen and oxygen atoms in total. The van der Waals surface area contributed by atoms with Gasteiger partial charge in [0.2, 0.25) is 5.91 Å². The van der Waals surface area contributed by atoms with Crippen LogP contribution in [0.15, 0.2) is 109 Å². The normalized spacial score (nSPS) is 17.0. The first-order valence-electron chi connectivity index (χ1n) is 18.3. The molecule has 2 aromatic carbocycles. The number of ether oxygens (including phenoxy) is 1. The van der Waals surface area contributed by atoms with Gasteiger partial charge in [-0.05, 0) is 139 Å². The van der Waals surface area contributed by atoms with Crippen LogP contribution in [0.25, 0.3) is 0 Å². The number of hydrogen-bond acceptors (Lipinski definition) is 4. The van der Waals surface area contributed by atoms with Crippen molar-refractivity contribution in [2.24, 2.45) is 5.92 Å². The molecule has 0 saturated heterocycles. The first-order valence-corrected chi connectivity index (χ1v) is 18.7. The molecule has 0 spiro atoms. The van der Waals surface area contributed by atoms with E-state index in [0.29, 0.717) is 34.7 Å². The van der Waals surface area contributed by atoms with Gasteiger partial charge in [-0.25, -0.2) is 0 Å². The minimum absolute atomic E-state index is 0.0568. The van der Waals surface area contributed by atoms with E-state index >= 15 is 0 Å². The highest BCUT2D eigenvalue weighted by atomic mass is 35.5. The molecule has 1 amide bonds. The number of benzene rings is 2. The zero-order valence-corrected chi connectivity index (χ0v) is 31.0. The fraction of sp³-hybridized carbons (Fsp3) is 0.432. The standard InChI is InChI=1S/C44H56ClNO4/c1-4-5-6-7-8-9-10-11-12-13-14-15-16-17-18-19-20-21-42(48)46-39-30-22-35(23-31-39)34-41(47)44(2,3)50-40-32-26-37(27-33-40)43(49)36-24-28-38(45)29-25-36/h5-6,8-9,11-12,14-15,17-18,24-29,32-33,35,39H,4,7,10,13,16,19-23,30-31,34H2,1-3H3,(H,46,48)/b6-5-,9-8-,12-11-,15-14-,18-17-. The molecule has 0 atom stereocenters. The minimum atomic E-state index is -0.988. The average Bonchev–Trinajstić information content (AvgIpc) is 3.10. The number of ketones is 2. The highest BCUT2D eigenvalue weighted by Crippen LogP contribution is 2.30. The van der Waals surface area contributed by atoms with Gasteiger partial charge in [-0.15, -0.1) is 0 Å². The van der Waals surface area contributed by atoms with Crippen LogP contribution in [0.1, 0.15) is 120 Å². The number of carbonyl (C=O) groups excluding carboxylic acids is 3. The molecular weight excluding hydrogens is 642 g/mol. The molecule has 0 bridgehead atoms. The number of halogens is 1. The molecule has 0 aliphatic heterocycles. The Morgan fingerprint density at radius 3 is 1.78 bits per heavy atom. The third-order valence-corrected chi connectivity index (χ3v) is 9.14. The summed E-state index contributed by atoms with van der Waals surface area (Å²) in [4.78, 5) is 38.5. The van der Waals surface area contributed by atoms with Gasteiger partial charge in [-0.2, -0.15) is 0 Å². The largest absolute Gasteiger partial charge is 0.480 e. The number of rotatable bonds is 21. The molecule has 1 aliphatic carbocycles. The zero-order valence-electron chi connectivity index (χ0n) is 30.3. The number of unbranched alkanes of at least 4 members (excludes halogenated alkanes) is 1. The molecule has 0 unspecified atom stereocenters. The molecule has 0 heterocycles. The second-order valence-corrected chi connectivity index (χ2v) is 13.9. The first-order chi connectivity index (χ1) is 24.2. The van der Waals surface area contributed by atoms with Crippen molar-refractivity contribution in [1.29, 1.82) is 0 Å². The van der Waals surface area contributed by atoms with E-state index in [9.17, 15) is 14.4 Å². The van der Waals surface area contributed by atoms with Gasteiger partial charge in [0.1, 0.15) is 5.75 Å². The van der Waals surface area contributed by atoms with Crippen LogP contribution in [0.3, 0.4) is 0 Å². The molecule has 0 aromatic heterocycles.